The molecule has 0 unspecified atom stereocenters. The number of rotatable bonds is 6. The van der Waals surface area contributed by atoms with Crippen molar-refractivity contribution in [2.24, 2.45) is 7.05 Å². The first-order valence-electron chi connectivity index (χ1n) is 8.17. The monoisotopic (exact) mass is 385 g/mol. The quantitative estimate of drug-likeness (QED) is 0.674. The lowest BCUT2D eigenvalue weighted by atomic mass is 10.2. The van der Waals surface area contributed by atoms with Gasteiger partial charge >= 0.3 is 0 Å². The minimum atomic E-state index is -3.70. The Labute approximate surface area is 157 Å². The Bertz CT molecular complexity index is 1040. The maximum absolute atomic E-state index is 12.5. The number of aryl methyl sites for hydroxylation is 1. The van der Waals surface area contributed by atoms with Gasteiger partial charge in [0.05, 0.1) is 22.8 Å². The van der Waals surface area contributed by atoms with E-state index < -0.39 is 10.0 Å². The zero-order valence-electron chi connectivity index (χ0n) is 14.9. The Hall–Kier alpha value is -3.04. The molecule has 0 bridgehead atoms. The second-order valence-corrected chi connectivity index (χ2v) is 7.66. The van der Waals surface area contributed by atoms with Crippen molar-refractivity contribution in [3.05, 3.63) is 60.4 Å². The van der Waals surface area contributed by atoms with Gasteiger partial charge in [-0.15, -0.1) is 0 Å². The van der Waals surface area contributed by atoms with Crippen LogP contribution in [0.15, 0.2) is 59.6 Å². The zero-order chi connectivity index (χ0) is 19.4. The number of nitrogens with one attached hydrogen (secondary N) is 2. The van der Waals surface area contributed by atoms with E-state index in [0.717, 1.165) is 5.69 Å². The molecule has 0 atom stereocenters. The first-order chi connectivity index (χ1) is 12.8. The summed E-state index contributed by atoms with van der Waals surface area (Å²) in [6, 6.07) is 13.3. The first-order valence-corrected chi connectivity index (χ1v) is 9.65. The Morgan fingerprint density at radius 3 is 2.48 bits per heavy atom. The molecule has 2 aromatic heterocycles. The van der Waals surface area contributed by atoms with Gasteiger partial charge in [-0.25, -0.2) is 13.1 Å². The summed E-state index contributed by atoms with van der Waals surface area (Å²) in [5.74, 6) is -0.219. The van der Waals surface area contributed by atoms with Gasteiger partial charge in [-0.2, -0.15) is 5.10 Å². The number of hydrogen-bond donors (Lipinski definition) is 2. The summed E-state index contributed by atoms with van der Waals surface area (Å²) in [4.78, 5) is 15.4. The molecule has 3 aromatic rings. The van der Waals surface area contributed by atoms with E-state index in [2.05, 4.69) is 20.1 Å². The number of carbonyl (C=O) groups excluding carboxylic acids is 1. The van der Waals surface area contributed by atoms with Crippen LogP contribution in [0, 0.1) is 0 Å². The fraction of sp³-hybridized carbons (Fsp3) is 0.167. The molecule has 2 N–H and O–H groups in total. The lowest BCUT2D eigenvalue weighted by molar-refractivity contribution is -0.114. The largest absolute Gasteiger partial charge is 0.326 e. The van der Waals surface area contributed by atoms with Crippen LogP contribution >= 0.6 is 0 Å². The molecule has 0 aliphatic carbocycles. The minimum Gasteiger partial charge on any atom is -0.326 e. The standard InChI is InChI=1S/C18H19N5O3S/c1-13(24)21-14-6-8-16(9-7-14)27(25,26)20-12-15-11-18(22-23(15)2)17-5-3-4-10-19-17/h3-11,20H,12H2,1-2H3,(H,21,24). The lowest BCUT2D eigenvalue weighted by Crippen LogP contribution is -2.24. The van der Waals surface area contributed by atoms with E-state index in [1.165, 1.54) is 19.1 Å². The topological polar surface area (TPSA) is 106 Å². The highest BCUT2D eigenvalue weighted by Gasteiger charge is 2.16. The van der Waals surface area contributed by atoms with Crippen molar-refractivity contribution >= 4 is 21.6 Å². The van der Waals surface area contributed by atoms with Gasteiger partial charge in [-0.3, -0.25) is 14.5 Å². The van der Waals surface area contributed by atoms with Crippen molar-refractivity contribution in [3.63, 3.8) is 0 Å². The number of hydrogen-bond acceptors (Lipinski definition) is 5. The molecule has 9 heteroatoms. The van der Waals surface area contributed by atoms with Gasteiger partial charge in [0.2, 0.25) is 15.9 Å². The summed E-state index contributed by atoms with van der Waals surface area (Å²) in [5, 5.41) is 6.97. The summed E-state index contributed by atoms with van der Waals surface area (Å²) in [6.45, 7) is 1.48. The molecule has 0 saturated carbocycles. The van der Waals surface area contributed by atoms with E-state index in [0.29, 0.717) is 17.1 Å². The lowest BCUT2D eigenvalue weighted by Gasteiger charge is -2.08. The van der Waals surface area contributed by atoms with E-state index >= 15 is 0 Å². The number of carbonyl (C=O) groups is 1. The fourth-order valence-electron chi connectivity index (χ4n) is 2.48. The number of pyridine rings is 1. The predicted octanol–water partition coefficient (Wildman–Crippen LogP) is 1.92. The normalized spacial score (nSPS) is 11.3. The van der Waals surface area contributed by atoms with Crippen LogP contribution in [0.3, 0.4) is 0 Å². The number of aromatic nitrogens is 3. The van der Waals surface area contributed by atoms with Gasteiger partial charge in [-0.05, 0) is 42.5 Å². The molecule has 140 valence electrons. The molecular formula is C18H19N5O3S. The zero-order valence-corrected chi connectivity index (χ0v) is 15.7. The molecule has 0 fully saturated rings. The molecule has 0 saturated heterocycles. The minimum absolute atomic E-state index is 0.0894. The van der Waals surface area contributed by atoms with Crippen LogP contribution in [-0.4, -0.2) is 29.1 Å². The van der Waals surface area contributed by atoms with E-state index in [1.807, 2.05) is 18.2 Å². The van der Waals surface area contributed by atoms with Crippen molar-refractivity contribution in [3.8, 4) is 11.4 Å². The van der Waals surface area contributed by atoms with Crippen molar-refractivity contribution in [2.75, 3.05) is 5.32 Å². The van der Waals surface area contributed by atoms with Crippen molar-refractivity contribution in [1.82, 2.24) is 19.5 Å². The van der Waals surface area contributed by atoms with Gasteiger partial charge in [0, 0.05) is 25.9 Å². The molecular weight excluding hydrogens is 366 g/mol. The van der Waals surface area contributed by atoms with Crippen LogP contribution in [0.1, 0.15) is 12.6 Å². The number of sulfonamides is 1. The summed E-state index contributed by atoms with van der Waals surface area (Å²) in [6.07, 6.45) is 1.68. The molecule has 0 spiro atoms. The molecule has 0 aliphatic heterocycles. The molecule has 1 amide bonds. The van der Waals surface area contributed by atoms with Crippen LogP contribution < -0.4 is 10.0 Å². The van der Waals surface area contributed by atoms with Gasteiger partial charge in [0.1, 0.15) is 5.69 Å². The maximum atomic E-state index is 12.5. The second kappa shape index (κ2) is 7.68. The predicted molar refractivity (Wildman–Crippen MR) is 101 cm³/mol. The number of anilines is 1. The number of benzene rings is 1. The third kappa shape index (κ3) is 4.57. The molecule has 27 heavy (non-hydrogen) atoms. The van der Waals surface area contributed by atoms with Gasteiger partial charge in [-0.1, -0.05) is 6.07 Å². The smallest absolute Gasteiger partial charge is 0.240 e. The van der Waals surface area contributed by atoms with E-state index in [4.69, 9.17) is 0 Å². The van der Waals surface area contributed by atoms with Crippen molar-refractivity contribution in [2.45, 2.75) is 18.4 Å². The van der Waals surface area contributed by atoms with Gasteiger partial charge in [0.25, 0.3) is 0 Å². The van der Waals surface area contributed by atoms with Crippen LogP contribution in [0.4, 0.5) is 5.69 Å². The van der Waals surface area contributed by atoms with Crippen molar-refractivity contribution < 1.29 is 13.2 Å². The van der Waals surface area contributed by atoms with E-state index in [1.54, 1.807) is 36.1 Å². The average molecular weight is 385 g/mol. The highest BCUT2D eigenvalue weighted by molar-refractivity contribution is 7.89. The molecule has 8 nitrogen and oxygen atoms in total. The van der Waals surface area contributed by atoms with Crippen LogP contribution in [0.5, 0.6) is 0 Å². The average Bonchev–Trinajstić information content (AvgIpc) is 3.02. The van der Waals surface area contributed by atoms with E-state index in [-0.39, 0.29) is 17.3 Å². The third-order valence-corrected chi connectivity index (χ3v) is 5.25. The molecule has 0 aliphatic rings. The summed E-state index contributed by atoms with van der Waals surface area (Å²) in [7, 11) is -1.95. The Morgan fingerprint density at radius 2 is 1.85 bits per heavy atom. The Balaban J connectivity index is 1.72. The van der Waals surface area contributed by atoms with E-state index in [9.17, 15) is 13.2 Å². The van der Waals surface area contributed by atoms with Crippen molar-refractivity contribution in [1.29, 1.82) is 0 Å². The summed E-state index contributed by atoms with van der Waals surface area (Å²) in [5.41, 5.74) is 2.63. The van der Waals surface area contributed by atoms with Crippen LogP contribution in [0.25, 0.3) is 11.4 Å². The van der Waals surface area contributed by atoms with Gasteiger partial charge in [0.15, 0.2) is 0 Å². The second-order valence-electron chi connectivity index (χ2n) is 5.89. The number of nitrogens with zero attached hydrogens (tertiary/aromatic N) is 3. The highest BCUT2D eigenvalue weighted by Crippen LogP contribution is 2.17. The first kappa shape index (κ1) is 18.7. The fourth-order valence-corrected chi connectivity index (χ4v) is 3.48. The molecule has 0 radical (unpaired) electrons. The van der Waals surface area contributed by atoms with Crippen LogP contribution in [0.2, 0.25) is 0 Å². The molecule has 2 heterocycles. The number of amides is 1. The summed E-state index contributed by atoms with van der Waals surface area (Å²) < 4.78 is 29.2. The van der Waals surface area contributed by atoms with Crippen LogP contribution in [-0.2, 0) is 28.4 Å². The molecule has 1 aromatic carbocycles. The Kier molecular flexibility index (Phi) is 5.33. The highest BCUT2D eigenvalue weighted by atomic mass is 32.2. The Morgan fingerprint density at radius 1 is 1.11 bits per heavy atom. The van der Waals surface area contributed by atoms with Gasteiger partial charge < -0.3 is 5.32 Å². The summed E-state index contributed by atoms with van der Waals surface area (Å²) >= 11 is 0. The third-order valence-electron chi connectivity index (χ3n) is 3.83. The SMILES string of the molecule is CC(=O)Nc1ccc(S(=O)(=O)NCc2cc(-c3ccccn3)nn2C)cc1. The maximum Gasteiger partial charge on any atom is 0.240 e. The molecule has 3 rings (SSSR count).